The van der Waals surface area contributed by atoms with E-state index in [1.54, 1.807) is 31.2 Å². The van der Waals surface area contributed by atoms with Gasteiger partial charge in [0.25, 0.3) is 0 Å². The zero-order valence-electron chi connectivity index (χ0n) is 15.0. The lowest BCUT2D eigenvalue weighted by Gasteiger charge is -2.18. The van der Waals surface area contributed by atoms with E-state index in [9.17, 15) is 9.59 Å². The van der Waals surface area contributed by atoms with E-state index in [-0.39, 0.29) is 18.9 Å². The van der Waals surface area contributed by atoms with E-state index in [1.165, 1.54) is 0 Å². The molecule has 6 heteroatoms. The van der Waals surface area contributed by atoms with Gasteiger partial charge in [-0.3, -0.25) is 4.79 Å². The van der Waals surface area contributed by atoms with E-state index in [4.69, 9.17) is 9.47 Å². The molecule has 0 unspecified atom stereocenters. The summed E-state index contributed by atoms with van der Waals surface area (Å²) in [5.74, 6) is 0.538. The normalized spacial score (nSPS) is 11.3. The summed E-state index contributed by atoms with van der Waals surface area (Å²) in [6.07, 6.45) is -0.453. The van der Waals surface area contributed by atoms with Crippen LogP contribution in [-0.2, 0) is 9.53 Å². The molecule has 0 spiro atoms. The van der Waals surface area contributed by atoms with Gasteiger partial charge in [-0.2, -0.15) is 0 Å². The Bertz CT molecular complexity index is 702. The number of amides is 2. The van der Waals surface area contributed by atoms with Crippen molar-refractivity contribution in [3.8, 4) is 5.75 Å². The van der Waals surface area contributed by atoms with Crippen molar-refractivity contribution >= 4 is 17.7 Å². The Morgan fingerprint density at radius 1 is 0.962 bits per heavy atom. The van der Waals surface area contributed by atoms with E-state index < -0.39 is 12.1 Å². The number of hydrogen-bond donors (Lipinski definition) is 2. The first-order valence-corrected chi connectivity index (χ1v) is 8.63. The van der Waals surface area contributed by atoms with Crippen LogP contribution in [0.15, 0.2) is 54.6 Å². The molecule has 6 nitrogen and oxygen atoms in total. The van der Waals surface area contributed by atoms with Gasteiger partial charge in [-0.25, -0.2) is 4.79 Å². The standard InChI is InChI=1S/C20H24N2O4/c1-3-25-17-12-10-16(11-13-17)21-19(23)14-18(22-20(24)26-4-2)15-8-6-5-7-9-15/h5-13,18H,3-4,14H2,1-2H3,(H,21,23)(H,22,24)/t18-/m1/s1. The van der Waals surface area contributed by atoms with E-state index in [0.29, 0.717) is 12.3 Å². The first-order valence-electron chi connectivity index (χ1n) is 8.63. The van der Waals surface area contributed by atoms with Gasteiger partial charge >= 0.3 is 6.09 Å². The maximum Gasteiger partial charge on any atom is 0.407 e. The highest BCUT2D eigenvalue weighted by Crippen LogP contribution is 2.19. The number of anilines is 1. The van der Waals surface area contributed by atoms with E-state index in [0.717, 1.165) is 11.3 Å². The Balaban J connectivity index is 2.02. The molecule has 0 fully saturated rings. The number of rotatable bonds is 8. The predicted molar refractivity (Wildman–Crippen MR) is 100 cm³/mol. The number of carbonyl (C=O) groups excluding carboxylic acids is 2. The smallest absolute Gasteiger partial charge is 0.407 e. The van der Waals surface area contributed by atoms with Crippen LogP contribution in [0.1, 0.15) is 31.9 Å². The molecule has 2 rings (SSSR count). The molecule has 2 aromatic carbocycles. The highest BCUT2D eigenvalue weighted by Gasteiger charge is 2.19. The van der Waals surface area contributed by atoms with E-state index in [2.05, 4.69) is 10.6 Å². The second-order valence-electron chi connectivity index (χ2n) is 5.54. The number of nitrogens with one attached hydrogen (secondary N) is 2. The van der Waals surface area contributed by atoms with Gasteiger partial charge in [0.15, 0.2) is 0 Å². The van der Waals surface area contributed by atoms with Crippen molar-refractivity contribution in [3.63, 3.8) is 0 Å². The Kier molecular flexibility index (Phi) is 7.49. The minimum Gasteiger partial charge on any atom is -0.494 e. The molecule has 26 heavy (non-hydrogen) atoms. The van der Waals surface area contributed by atoms with Gasteiger partial charge in [-0.1, -0.05) is 30.3 Å². The minimum absolute atomic E-state index is 0.0933. The van der Waals surface area contributed by atoms with E-state index in [1.807, 2.05) is 37.3 Å². The van der Waals surface area contributed by atoms with E-state index >= 15 is 0 Å². The van der Waals surface area contributed by atoms with Gasteiger partial charge in [0.2, 0.25) is 5.91 Å². The third kappa shape index (κ3) is 6.12. The fourth-order valence-corrected chi connectivity index (χ4v) is 2.45. The van der Waals surface area contributed by atoms with Gasteiger partial charge in [0, 0.05) is 5.69 Å². The third-order valence-corrected chi connectivity index (χ3v) is 3.61. The maximum absolute atomic E-state index is 12.4. The Labute approximate surface area is 153 Å². The summed E-state index contributed by atoms with van der Waals surface area (Å²) in [4.78, 5) is 24.2. The summed E-state index contributed by atoms with van der Waals surface area (Å²) in [5.41, 5.74) is 1.50. The molecule has 0 bridgehead atoms. The van der Waals surface area contributed by atoms with Crippen LogP contribution in [0, 0.1) is 0 Å². The summed E-state index contributed by atoms with van der Waals surface area (Å²) >= 11 is 0. The zero-order valence-corrected chi connectivity index (χ0v) is 15.0. The van der Waals surface area contributed by atoms with Crippen molar-refractivity contribution in [1.29, 1.82) is 0 Å². The van der Waals surface area contributed by atoms with Crippen molar-refractivity contribution in [3.05, 3.63) is 60.2 Å². The molecule has 0 aliphatic rings. The van der Waals surface area contributed by atoms with Crippen molar-refractivity contribution in [1.82, 2.24) is 5.32 Å². The summed E-state index contributed by atoms with van der Waals surface area (Å²) < 4.78 is 10.3. The van der Waals surface area contributed by atoms with Gasteiger partial charge < -0.3 is 20.1 Å². The van der Waals surface area contributed by atoms with Gasteiger partial charge in [-0.05, 0) is 43.7 Å². The van der Waals surface area contributed by atoms with Crippen LogP contribution in [0.25, 0.3) is 0 Å². The number of ether oxygens (including phenoxy) is 2. The largest absolute Gasteiger partial charge is 0.494 e. The third-order valence-electron chi connectivity index (χ3n) is 3.61. The van der Waals surface area contributed by atoms with Crippen molar-refractivity contribution in [2.45, 2.75) is 26.3 Å². The predicted octanol–water partition coefficient (Wildman–Crippen LogP) is 3.90. The topological polar surface area (TPSA) is 76.7 Å². The lowest BCUT2D eigenvalue weighted by atomic mass is 10.0. The fourth-order valence-electron chi connectivity index (χ4n) is 2.45. The molecule has 0 heterocycles. The lowest BCUT2D eigenvalue weighted by molar-refractivity contribution is -0.116. The summed E-state index contributed by atoms with van der Waals surface area (Å²) in [7, 11) is 0. The van der Waals surface area contributed by atoms with Gasteiger partial charge in [0.1, 0.15) is 5.75 Å². The number of alkyl carbamates (subject to hydrolysis) is 1. The molecule has 0 saturated heterocycles. The van der Waals surface area contributed by atoms with Crippen molar-refractivity contribution in [2.75, 3.05) is 18.5 Å². The summed E-state index contributed by atoms with van der Waals surface area (Å²) in [5, 5.41) is 5.56. The highest BCUT2D eigenvalue weighted by atomic mass is 16.5. The fraction of sp³-hybridized carbons (Fsp3) is 0.300. The van der Waals surface area contributed by atoms with Crippen molar-refractivity contribution in [2.24, 2.45) is 0 Å². The number of carbonyl (C=O) groups is 2. The molecular weight excluding hydrogens is 332 g/mol. The Hall–Kier alpha value is -3.02. The molecule has 0 radical (unpaired) electrons. The summed E-state index contributed by atoms with van der Waals surface area (Å²) in [6.45, 7) is 4.50. The first-order chi connectivity index (χ1) is 12.6. The minimum atomic E-state index is -0.546. The van der Waals surface area contributed by atoms with Crippen LogP contribution in [-0.4, -0.2) is 25.2 Å². The average Bonchev–Trinajstić information content (AvgIpc) is 2.64. The van der Waals surface area contributed by atoms with Crippen LogP contribution in [0.5, 0.6) is 5.75 Å². The molecule has 0 aliphatic heterocycles. The molecular formula is C20H24N2O4. The van der Waals surface area contributed by atoms with Gasteiger partial charge in [-0.15, -0.1) is 0 Å². The molecule has 138 valence electrons. The maximum atomic E-state index is 12.4. The number of benzene rings is 2. The van der Waals surface area contributed by atoms with Crippen LogP contribution in [0.3, 0.4) is 0 Å². The van der Waals surface area contributed by atoms with Crippen LogP contribution < -0.4 is 15.4 Å². The second-order valence-corrected chi connectivity index (χ2v) is 5.54. The Morgan fingerprint density at radius 2 is 1.65 bits per heavy atom. The molecule has 2 aromatic rings. The SMILES string of the molecule is CCOC(=O)N[C@H](CC(=O)Nc1ccc(OCC)cc1)c1ccccc1. The van der Waals surface area contributed by atoms with Crippen molar-refractivity contribution < 1.29 is 19.1 Å². The molecule has 2 amide bonds. The molecule has 2 N–H and O–H groups in total. The van der Waals surface area contributed by atoms with Gasteiger partial charge in [0.05, 0.1) is 25.7 Å². The second kappa shape index (κ2) is 10.1. The summed E-state index contributed by atoms with van der Waals surface area (Å²) in [6, 6.07) is 16.0. The van der Waals surface area contributed by atoms with Crippen LogP contribution in [0.2, 0.25) is 0 Å². The first kappa shape index (κ1) is 19.3. The number of hydrogen-bond acceptors (Lipinski definition) is 4. The molecule has 0 saturated carbocycles. The molecule has 0 aromatic heterocycles. The quantitative estimate of drug-likeness (QED) is 0.752. The highest BCUT2D eigenvalue weighted by molar-refractivity contribution is 5.91. The monoisotopic (exact) mass is 356 g/mol. The molecule has 1 atom stereocenters. The zero-order chi connectivity index (χ0) is 18.8. The lowest BCUT2D eigenvalue weighted by Crippen LogP contribution is -2.32. The average molecular weight is 356 g/mol. The van der Waals surface area contributed by atoms with Crippen LogP contribution in [0.4, 0.5) is 10.5 Å². The Morgan fingerprint density at radius 3 is 2.27 bits per heavy atom. The van der Waals surface area contributed by atoms with Crippen LogP contribution >= 0.6 is 0 Å². The molecule has 0 aliphatic carbocycles.